The van der Waals surface area contributed by atoms with Crippen LogP contribution in [0, 0.1) is 0 Å². The number of nitrogens with one attached hydrogen (secondary N) is 2. The van der Waals surface area contributed by atoms with Gasteiger partial charge >= 0.3 is 5.69 Å². The van der Waals surface area contributed by atoms with Crippen molar-refractivity contribution in [1.82, 2.24) is 19.9 Å². The molecule has 2 aromatic carbocycles. The lowest BCUT2D eigenvalue weighted by Gasteiger charge is -2.27. The molecule has 0 spiro atoms. The van der Waals surface area contributed by atoms with Gasteiger partial charge in [0.2, 0.25) is 0 Å². The predicted octanol–water partition coefficient (Wildman–Crippen LogP) is 3.41. The molecule has 9 nitrogen and oxygen atoms in total. The van der Waals surface area contributed by atoms with Crippen molar-refractivity contribution in [2.75, 3.05) is 14.2 Å². The van der Waals surface area contributed by atoms with Crippen molar-refractivity contribution in [3.63, 3.8) is 0 Å². The molecule has 0 aliphatic rings. The number of halogens is 1. The minimum absolute atomic E-state index is 0.0716. The molecule has 10 heteroatoms. The monoisotopic (exact) mass is 494 g/mol. The molecule has 1 amide bonds. The molecule has 2 heterocycles. The zero-order valence-corrected chi connectivity index (χ0v) is 20.3. The van der Waals surface area contributed by atoms with E-state index in [0.29, 0.717) is 10.8 Å². The number of rotatable bonds is 6. The first kappa shape index (κ1) is 24.0. The Morgan fingerprint density at radius 1 is 1.03 bits per heavy atom. The van der Waals surface area contributed by atoms with Gasteiger partial charge in [0, 0.05) is 10.6 Å². The SMILES string of the molecule is COc1ccc(-n2c(=O)[nH]c3cc(C(=O)NC(C)(C)c4ccc(Cl)cc4)ccc3c2=O)nc1OC. The van der Waals surface area contributed by atoms with Crippen molar-refractivity contribution in [2.24, 2.45) is 0 Å². The van der Waals surface area contributed by atoms with Crippen LogP contribution in [0.2, 0.25) is 5.02 Å². The second-order valence-electron chi connectivity index (χ2n) is 8.30. The number of H-pyrrole nitrogens is 1. The number of fused-ring (bicyclic) bond motifs is 1. The first-order valence-corrected chi connectivity index (χ1v) is 11.0. The zero-order valence-electron chi connectivity index (χ0n) is 19.5. The number of hydrogen-bond donors (Lipinski definition) is 2. The van der Waals surface area contributed by atoms with E-state index in [-0.39, 0.29) is 34.1 Å². The molecular weight excluding hydrogens is 472 g/mol. The highest BCUT2D eigenvalue weighted by molar-refractivity contribution is 6.30. The number of amides is 1. The molecule has 35 heavy (non-hydrogen) atoms. The van der Waals surface area contributed by atoms with E-state index in [4.69, 9.17) is 21.1 Å². The molecule has 0 bridgehead atoms. The maximum Gasteiger partial charge on any atom is 0.334 e. The van der Waals surface area contributed by atoms with Gasteiger partial charge in [0.25, 0.3) is 17.3 Å². The molecule has 4 rings (SSSR count). The van der Waals surface area contributed by atoms with Crippen LogP contribution in [0.3, 0.4) is 0 Å². The Hall–Kier alpha value is -4.11. The molecular formula is C25H23ClN4O5. The number of benzene rings is 2. The topological polar surface area (TPSA) is 115 Å². The van der Waals surface area contributed by atoms with E-state index in [2.05, 4.69) is 15.3 Å². The summed E-state index contributed by atoms with van der Waals surface area (Å²) in [5.74, 6) is 0.200. The normalized spacial score (nSPS) is 11.3. The second-order valence-corrected chi connectivity index (χ2v) is 8.73. The second kappa shape index (κ2) is 9.27. The van der Waals surface area contributed by atoms with Gasteiger partial charge in [0.15, 0.2) is 5.75 Å². The Bertz CT molecular complexity index is 1540. The van der Waals surface area contributed by atoms with Gasteiger partial charge in [-0.25, -0.2) is 9.36 Å². The van der Waals surface area contributed by atoms with Gasteiger partial charge in [-0.2, -0.15) is 4.98 Å². The van der Waals surface area contributed by atoms with Crippen LogP contribution in [0.1, 0.15) is 29.8 Å². The molecule has 0 saturated heterocycles. The van der Waals surface area contributed by atoms with Crippen molar-refractivity contribution in [2.45, 2.75) is 19.4 Å². The summed E-state index contributed by atoms with van der Waals surface area (Å²) in [4.78, 5) is 45.8. The van der Waals surface area contributed by atoms with Gasteiger partial charge < -0.3 is 19.8 Å². The third kappa shape index (κ3) is 4.63. The zero-order chi connectivity index (χ0) is 25.3. The number of aromatic nitrogens is 3. The summed E-state index contributed by atoms with van der Waals surface area (Å²) < 4.78 is 11.2. The number of aromatic amines is 1. The fourth-order valence-corrected chi connectivity index (χ4v) is 3.83. The van der Waals surface area contributed by atoms with Gasteiger partial charge in [0.1, 0.15) is 5.82 Å². The van der Waals surface area contributed by atoms with Crippen molar-refractivity contribution in [1.29, 1.82) is 0 Å². The number of ether oxygens (including phenoxy) is 2. The van der Waals surface area contributed by atoms with Gasteiger partial charge in [-0.15, -0.1) is 0 Å². The average molecular weight is 495 g/mol. The molecule has 0 aliphatic heterocycles. The minimum atomic E-state index is -0.707. The molecule has 180 valence electrons. The lowest BCUT2D eigenvalue weighted by atomic mass is 9.94. The van der Waals surface area contributed by atoms with Crippen molar-refractivity contribution < 1.29 is 14.3 Å². The Labute approximate surface area is 205 Å². The van der Waals surface area contributed by atoms with Crippen LogP contribution in [0.4, 0.5) is 0 Å². The van der Waals surface area contributed by atoms with Crippen LogP contribution in [0.15, 0.2) is 64.2 Å². The fraction of sp³-hybridized carbons (Fsp3) is 0.200. The third-order valence-corrected chi connectivity index (χ3v) is 5.86. The molecule has 0 atom stereocenters. The Morgan fingerprint density at radius 3 is 2.40 bits per heavy atom. The van der Waals surface area contributed by atoms with Crippen molar-refractivity contribution in [3.05, 3.63) is 91.6 Å². The van der Waals surface area contributed by atoms with E-state index in [0.717, 1.165) is 10.1 Å². The number of carbonyl (C=O) groups excluding carboxylic acids is 1. The largest absolute Gasteiger partial charge is 0.491 e. The quantitative estimate of drug-likeness (QED) is 0.424. The highest BCUT2D eigenvalue weighted by Gasteiger charge is 2.24. The van der Waals surface area contributed by atoms with Crippen molar-refractivity contribution >= 4 is 28.4 Å². The van der Waals surface area contributed by atoms with Crippen molar-refractivity contribution in [3.8, 4) is 17.4 Å². The fourth-order valence-electron chi connectivity index (χ4n) is 3.71. The minimum Gasteiger partial charge on any atom is -0.491 e. The lowest BCUT2D eigenvalue weighted by molar-refractivity contribution is 0.0912. The molecule has 0 aliphatic carbocycles. The van der Waals surface area contributed by atoms with Gasteiger partial charge in [-0.3, -0.25) is 9.59 Å². The standard InChI is InChI=1S/C25H23ClN4O5/c1-25(2,15-6-8-16(26)9-7-15)29-21(31)14-5-10-17-18(13-14)27-24(33)30(23(17)32)20-12-11-19(34-3)22(28-20)35-4/h5-13H,1-4H3,(H,27,33)(H,29,31). The summed E-state index contributed by atoms with van der Waals surface area (Å²) in [6.45, 7) is 3.73. The van der Waals surface area contributed by atoms with Crippen LogP contribution < -0.4 is 26.0 Å². The van der Waals surface area contributed by atoms with Crippen LogP contribution >= 0.6 is 11.6 Å². The van der Waals surface area contributed by atoms with E-state index in [1.54, 1.807) is 18.2 Å². The van der Waals surface area contributed by atoms with E-state index in [1.807, 2.05) is 26.0 Å². The number of methoxy groups -OCH3 is 2. The summed E-state index contributed by atoms with van der Waals surface area (Å²) in [5.41, 5.74) is -0.592. The van der Waals surface area contributed by atoms with Crippen LogP contribution in [0.5, 0.6) is 11.6 Å². The summed E-state index contributed by atoms with van der Waals surface area (Å²) in [5, 5.41) is 3.79. The maximum absolute atomic E-state index is 13.1. The van der Waals surface area contributed by atoms with Crippen LogP contribution in [-0.2, 0) is 5.54 Å². The van der Waals surface area contributed by atoms with Crippen LogP contribution in [0.25, 0.3) is 16.7 Å². The predicted molar refractivity (Wildman–Crippen MR) is 133 cm³/mol. The lowest BCUT2D eigenvalue weighted by Crippen LogP contribution is -2.41. The first-order valence-electron chi connectivity index (χ1n) is 10.6. The van der Waals surface area contributed by atoms with Gasteiger partial charge in [-0.05, 0) is 61.9 Å². The maximum atomic E-state index is 13.1. The number of carbonyl (C=O) groups is 1. The Kier molecular flexibility index (Phi) is 6.36. The van der Waals surface area contributed by atoms with E-state index in [1.165, 1.54) is 38.5 Å². The number of hydrogen-bond acceptors (Lipinski definition) is 6. The van der Waals surface area contributed by atoms with E-state index < -0.39 is 16.8 Å². The molecule has 2 N–H and O–H groups in total. The number of nitrogens with zero attached hydrogens (tertiary/aromatic N) is 2. The summed E-state index contributed by atoms with van der Waals surface area (Å²) >= 11 is 5.96. The molecule has 0 saturated carbocycles. The molecule has 0 fully saturated rings. The Balaban J connectivity index is 1.70. The third-order valence-electron chi connectivity index (χ3n) is 5.60. The number of pyridine rings is 1. The summed E-state index contributed by atoms with van der Waals surface area (Å²) in [7, 11) is 2.86. The highest BCUT2D eigenvalue weighted by atomic mass is 35.5. The van der Waals surface area contributed by atoms with Gasteiger partial charge in [0.05, 0.1) is 30.7 Å². The first-order chi connectivity index (χ1) is 16.6. The Morgan fingerprint density at radius 2 is 1.74 bits per heavy atom. The smallest absolute Gasteiger partial charge is 0.334 e. The van der Waals surface area contributed by atoms with E-state index >= 15 is 0 Å². The van der Waals surface area contributed by atoms with Gasteiger partial charge in [-0.1, -0.05) is 23.7 Å². The average Bonchev–Trinajstić information content (AvgIpc) is 2.83. The highest BCUT2D eigenvalue weighted by Crippen LogP contribution is 2.25. The molecule has 0 radical (unpaired) electrons. The summed E-state index contributed by atoms with van der Waals surface area (Å²) in [6, 6.07) is 14.7. The van der Waals surface area contributed by atoms with E-state index in [9.17, 15) is 14.4 Å². The molecule has 0 unspecified atom stereocenters. The molecule has 4 aromatic rings. The summed E-state index contributed by atoms with van der Waals surface area (Å²) in [6.07, 6.45) is 0. The molecule has 2 aromatic heterocycles. The van der Waals surface area contributed by atoms with Crippen LogP contribution in [-0.4, -0.2) is 34.7 Å².